The van der Waals surface area contributed by atoms with Crippen molar-refractivity contribution in [3.63, 3.8) is 0 Å². The first kappa shape index (κ1) is 22.6. The highest BCUT2D eigenvalue weighted by Crippen LogP contribution is 2.33. The number of rotatable bonds is 7. The number of aromatic nitrogens is 1. The summed E-state index contributed by atoms with van der Waals surface area (Å²) < 4.78 is 13.4. The van der Waals surface area contributed by atoms with Crippen molar-refractivity contribution in [1.29, 1.82) is 0 Å². The maximum absolute atomic E-state index is 13.4. The molecule has 0 saturated heterocycles. The van der Waals surface area contributed by atoms with Crippen molar-refractivity contribution in [2.45, 2.75) is 26.1 Å². The van der Waals surface area contributed by atoms with Crippen molar-refractivity contribution in [2.24, 2.45) is 5.92 Å². The average molecular weight is 467 g/mol. The molecule has 8 heteroatoms. The zero-order valence-electron chi connectivity index (χ0n) is 17.8. The van der Waals surface area contributed by atoms with Gasteiger partial charge in [-0.2, -0.15) is 0 Å². The van der Waals surface area contributed by atoms with Crippen molar-refractivity contribution >= 4 is 34.7 Å². The number of aromatic hydroxyl groups is 1. The quantitative estimate of drug-likeness (QED) is 0.272. The monoisotopic (exact) mass is 466 g/mol. The molecule has 0 radical (unpaired) electrons. The summed E-state index contributed by atoms with van der Waals surface area (Å²) in [6.07, 6.45) is 5.67. The van der Waals surface area contributed by atoms with Gasteiger partial charge in [-0.05, 0) is 55.3 Å². The molecule has 33 heavy (non-hydrogen) atoms. The smallest absolute Gasteiger partial charge is 0.227 e. The predicted molar refractivity (Wildman–Crippen MR) is 129 cm³/mol. The molecule has 5 N–H and O–H groups in total. The van der Waals surface area contributed by atoms with E-state index in [0.29, 0.717) is 38.8 Å². The van der Waals surface area contributed by atoms with Crippen molar-refractivity contribution in [3.8, 4) is 17.0 Å². The minimum atomic E-state index is -0.666. The van der Waals surface area contributed by atoms with Crippen LogP contribution >= 0.6 is 11.6 Å². The Morgan fingerprint density at radius 3 is 2.76 bits per heavy atom. The van der Waals surface area contributed by atoms with E-state index in [9.17, 15) is 14.3 Å². The molecule has 1 amide bonds. The Hall–Kier alpha value is -3.58. The molecule has 6 nitrogen and oxygen atoms in total. The Morgan fingerprint density at radius 1 is 1.18 bits per heavy atom. The molecule has 0 aliphatic heterocycles. The molecule has 3 aromatic rings. The highest BCUT2D eigenvalue weighted by atomic mass is 35.5. The first-order valence-corrected chi connectivity index (χ1v) is 11.0. The van der Waals surface area contributed by atoms with E-state index in [4.69, 9.17) is 17.3 Å². The zero-order chi connectivity index (χ0) is 23.4. The van der Waals surface area contributed by atoms with Crippen LogP contribution in [0.3, 0.4) is 0 Å². The van der Waals surface area contributed by atoms with E-state index in [-0.39, 0.29) is 29.9 Å². The highest BCUT2D eigenvalue weighted by molar-refractivity contribution is 6.30. The van der Waals surface area contributed by atoms with E-state index in [1.54, 1.807) is 42.5 Å². The second-order valence-electron chi connectivity index (χ2n) is 7.86. The summed E-state index contributed by atoms with van der Waals surface area (Å²) in [6, 6.07) is 13.4. The van der Waals surface area contributed by atoms with Gasteiger partial charge in [-0.1, -0.05) is 29.8 Å². The van der Waals surface area contributed by atoms with Crippen LogP contribution in [0, 0.1) is 5.92 Å². The van der Waals surface area contributed by atoms with Gasteiger partial charge in [0.2, 0.25) is 5.91 Å². The number of nitrogens with one attached hydrogen (secondary N) is 2. The third-order valence-corrected chi connectivity index (χ3v) is 5.81. The molecule has 0 saturated carbocycles. The minimum absolute atomic E-state index is 0.0292. The second kappa shape index (κ2) is 9.92. The fourth-order valence-electron chi connectivity index (χ4n) is 3.74. The van der Waals surface area contributed by atoms with Crippen LogP contribution in [-0.4, -0.2) is 16.0 Å². The Morgan fingerprint density at radius 2 is 2.03 bits per heavy atom. The van der Waals surface area contributed by atoms with Crippen LogP contribution in [0.4, 0.5) is 21.6 Å². The van der Waals surface area contributed by atoms with Crippen LogP contribution < -0.4 is 16.4 Å². The molecule has 0 spiro atoms. The van der Waals surface area contributed by atoms with Gasteiger partial charge in [-0.25, -0.2) is 9.37 Å². The number of benzene rings is 2. The molecule has 1 heterocycles. The van der Waals surface area contributed by atoms with Gasteiger partial charge < -0.3 is 21.5 Å². The largest absolute Gasteiger partial charge is 0.507 e. The molecule has 1 unspecified atom stereocenters. The summed E-state index contributed by atoms with van der Waals surface area (Å²) in [4.78, 5) is 16.6. The molecule has 1 aromatic heterocycles. The number of phenolic OH excluding ortho intramolecular Hbond substituents is 1. The van der Waals surface area contributed by atoms with Crippen molar-refractivity contribution < 1.29 is 14.3 Å². The number of anilines is 3. The van der Waals surface area contributed by atoms with Gasteiger partial charge in [0.1, 0.15) is 18.2 Å². The van der Waals surface area contributed by atoms with Crippen LogP contribution in [-0.2, 0) is 18.0 Å². The standard InChI is InChI=1S/C25H24ClFN4O2/c26-18-6-9-21(17(11-18)13-27)30-19-7-10-23(32)20(12-19)22-8-5-16(24(28)31-22)14-29-25(33)15-3-1-2-4-15/h1,3,5-12,15,30,32H,2,4,13-14H2,(H2,28,31)(H,29,33). The van der Waals surface area contributed by atoms with E-state index in [1.807, 2.05) is 12.2 Å². The van der Waals surface area contributed by atoms with Gasteiger partial charge in [0, 0.05) is 39.6 Å². The fraction of sp³-hybridized carbons (Fsp3) is 0.200. The van der Waals surface area contributed by atoms with Crippen LogP contribution in [0.2, 0.25) is 5.02 Å². The second-order valence-corrected chi connectivity index (χ2v) is 8.30. The number of amides is 1. The molecule has 1 aliphatic carbocycles. The number of hydrogen-bond acceptors (Lipinski definition) is 5. The highest BCUT2D eigenvalue weighted by Gasteiger charge is 2.18. The third kappa shape index (κ3) is 5.26. The Labute approximate surface area is 196 Å². The van der Waals surface area contributed by atoms with Gasteiger partial charge in [-0.15, -0.1) is 0 Å². The minimum Gasteiger partial charge on any atom is -0.507 e. The van der Waals surface area contributed by atoms with Gasteiger partial charge >= 0.3 is 0 Å². The lowest BCUT2D eigenvalue weighted by molar-refractivity contribution is -0.123. The number of nitrogens with zero attached hydrogens (tertiary/aromatic N) is 1. The van der Waals surface area contributed by atoms with Crippen LogP contribution in [0.15, 0.2) is 60.7 Å². The average Bonchev–Trinajstić information content (AvgIpc) is 3.35. The zero-order valence-corrected chi connectivity index (χ0v) is 18.6. The van der Waals surface area contributed by atoms with Gasteiger partial charge in [0.25, 0.3) is 0 Å². The molecule has 2 aromatic carbocycles. The van der Waals surface area contributed by atoms with E-state index < -0.39 is 6.67 Å². The number of alkyl halides is 1. The van der Waals surface area contributed by atoms with Crippen molar-refractivity contribution in [1.82, 2.24) is 10.3 Å². The van der Waals surface area contributed by atoms with Gasteiger partial charge in [-0.3, -0.25) is 4.79 Å². The van der Waals surface area contributed by atoms with Crippen molar-refractivity contribution in [3.05, 3.63) is 76.8 Å². The number of phenols is 1. The first-order chi connectivity index (χ1) is 15.9. The summed E-state index contributed by atoms with van der Waals surface area (Å²) in [5.41, 5.74) is 9.42. The molecular weight excluding hydrogens is 443 g/mol. The molecule has 0 fully saturated rings. The van der Waals surface area contributed by atoms with E-state index in [2.05, 4.69) is 15.6 Å². The number of pyridine rings is 1. The molecule has 170 valence electrons. The van der Waals surface area contributed by atoms with Gasteiger partial charge in [0.15, 0.2) is 0 Å². The summed E-state index contributed by atoms with van der Waals surface area (Å²) in [7, 11) is 0. The van der Waals surface area contributed by atoms with Crippen molar-refractivity contribution in [2.75, 3.05) is 11.1 Å². The summed E-state index contributed by atoms with van der Waals surface area (Å²) >= 11 is 5.95. The van der Waals surface area contributed by atoms with Crippen LogP contribution in [0.25, 0.3) is 11.3 Å². The van der Waals surface area contributed by atoms with Gasteiger partial charge in [0.05, 0.1) is 11.6 Å². The number of carbonyl (C=O) groups is 1. The number of allylic oxidation sites excluding steroid dienone is 1. The lowest BCUT2D eigenvalue weighted by atomic mass is 10.1. The fourth-order valence-corrected chi connectivity index (χ4v) is 3.93. The lowest BCUT2D eigenvalue weighted by Gasteiger charge is -2.14. The first-order valence-electron chi connectivity index (χ1n) is 10.6. The molecule has 1 atom stereocenters. The predicted octanol–water partition coefficient (Wildman–Crippen LogP) is 5.49. The number of nitrogens with two attached hydrogens (primary N) is 1. The third-order valence-electron chi connectivity index (χ3n) is 5.58. The van der Waals surface area contributed by atoms with E-state index >= 15 is 0 Å². The normalized spacial score (nSPS) is 14.9. The Balaban J connectivity index is 1.52. The number of carbonyl (C=O) groups excluding carboxylic acids is 1. The summed E-state index contributed by atoms with van der Waals surface area (Å²) in [5.74, 6) is 0.177. The molecular formula is C25H24ClFN4O2. The Bertz CT molecular complexity index is 1220. The maximum atomic E-state index is 13.4. The number of halogens is 2. The molecule has 1 aliphatic rings. The molecule has 0 bridgehead atoms. The Kier molecular flexibility index (Phi) is 6.79. The van der Waals surface area contributed by atoms with E-state index in [0.717, 1.165) is 12.8 Å². The summed E-state index contributed by atoms with van der Waals surface area (Å²) in [6.45, 7) is -0.389. The number of nitrogen functional groups attached to an aromatic ring is 1. The topological polar surface area (TPSA) is 100 Å². The van der Waals surface area contributed by atoms with E-state index in [1.165, 1.54) is 6.07 Å². The maximum Gasteiger partial charge on any atom is 0.227 e. The lowest BCUT2D eigenvalue weighted by Crippen LogP contribution is -2.28. The SMILES string of the molecule is Nc1nc(-c2cc(Nc3ccc(Cl)cc3CF)ccc2O)ccc1CNC(=O)C1C=CCC1. The van der Waals surface area contributed by atoms with Crippen LogP contribution in [0.5, 0.6) is 5.75 Å². The summed E-state index contributed by atoms with van der Waals surface area (Å²) in [5, 5.41) is 16.9. The number of hydrogen-bond donors (Lipinski definition) is 4. The van der Waals surface area contributed by atoms with Crippen LogP contribution in [0.1, 0.15) is 24.0 Å². The molecule has 4 rings (SSSR count).